The van der Waals surface area contributed by atoms with Gasteiger partial charge in [0.15, 0.2) is 0 Å². The minimum absolute atomic E-state index is 0.0599. The van der Waals surface area contributed by atoms with Crippen LogP contribution in [0, 0.1) is 0 Å². The van der Waals surface area contributed by atoms with E-state index in [1.54, 1.807) is 11.3 Å². The monoisotopic (exact) mass is 247 g/mol. The first kappa shape index (κ1) is 13.0. The molecule has 0 bridgehead atoms. The minimum atomic E-state index is 0.0599. The maximum atomic E-state index is 6.09. The molecule has 0 saturated heterocycles. The Bertz CT molecular complexity index is 290. The molecule has 2 N–H and O–H groups in total. The highest BCUT2D eigenvalue weighted by Crippen LogP contribution is 2.23. The Hall–Kier alpha value is -0.0900. The molecule has 0 saturated carbocycles. The topological polar surface area (TPSA) is 35.2 Å². The highest BCUT2D eigenvalue weighted by Gasteiger charge is 2.17. The van der Waals surface area contributed by atoms with Gasteiger partial charge in [-0.3, -0.25) is 0 Å². The van der Waals surface area contributed by atoms with Gasteiger partial charge in [-0.05, 0) is 31.9 Å². The third-order valence-electron chi connectivity index (χ3n) is 2.33. The molecule has 2 unspecified atom stereocenters. The van der Waals surface area contributed by atoms with E-state index in [0.29, 0.717) is 0 Å². The van der Waals surface area contributed by atoms with Crippen LogP contribution in [0.25, 0.3) is 0 Å². The number of halogens is 1. The van der Waals surface area contributed by atoms with E-state index in [9.17, 15) is 0 Å². The summed E-state index contributed by atoms with van der Waals surface area (Å²) in [7, 11) is 0. The van der Waals surface area contributed by atoms with Crippen molar-refractivity contribution in [1.82, 2.24) is 0 Å². The van der Waals surface area contributed by atoms with Gasteiger partial charge in [-0.15, -0.1) is 11.3 Å². The van der Waals surface area contributed by atoms with Crippen molar-refractivity contribution >= 4 is 22.9 Å². The highest BCUT2D eigenvalue weighted by molar-refractivity contribution is 7.16. The van der Waals surface area contributed by atoms with Gasteiger partial charge in [0.25, 0.3) is 0 Å². The molecule has 1 aromatic rings. The standard InChI is InChI=1S/C11H18ClNOS/c1-3-10(14-4-2)9(13)7-8-5-6-11(12)15-8/h5-6,9-10H,3-4,7,13H2,1-2H3. The summed E-state index contributed by atoms with van der Waals surface area (Å²) in [5.41, 5.74) is 6.09. The van der Waals surface area contributed by atoms with Crippen molar-refractivity contribution in [3.05, 3.63) is 21.3 Å². The van der Waals surface area contributed by atoms with Gasteiger partial charge in [0.2, 0.25) is 0 Å². The summed E-state index contributed by atoms with van der Waals surface area (Å²) < 4.78 is 6.40. The summed E-state index contributed by atoms with van der Waals surface area (Å²) in [5, 5.41) is 0. The van der Waals surface area contributed by atoms with Gasteiger partial charge in [-0.2, -0.15) is 0 Å². The van der Waals surface area contributed by atoms with Crippen LogP contribution in [0.1, 0.15) is 25.1 Å². The fraction of sp³-hybridized carbons (Fsp3) is 0.636. The molecule has 0 fully saturated rings. The van der Waals surface area contributed by atoms with E-state index in [2.05, 4.69) is 6.92 Å². The molecule has 0 aliphatic heterocycles. The second-order valence-electron chi connectivity index (χ2n) is 3.48. The molecule has 0 aliphatic rings. The number of thiophene rings is 1. The van der Waals surface area contributed by atoms with Crippen LogP contribution >= 0.6 is 22.9 Å². The Morgan fingerprint density at radius 3 is 2.67 bits per heavy atom. The van der Waals surface area contributed by atoms with Crippen LogP contribution in [-0.2, 0) is 11.2 Å². The smallest absolute Gasteiger partial charge is 0.0931 e. The van der Waals surface area contributed by atoms with Crippen LogP contribution in [0.2, 0.25) is 4.34 Å². The number of rotatable bonds is 6. The second-order valence-corrected chi connectivity index (χ2v) is 5.28. The van der Waals surface area contributed by atoms with Gasteiger partial charge in [0, 0.05) is 17.5 Å². The van der Waals surface area contributed by atoms with Gasteiger partial charge in [0.05, 0.1) is 10.4 Å². The lowest BCUT2D eigenvalue weighted by atomic mass is 10.1. The van der Waals surface area contributed by atoms with Crippen LogP contribution in [0.15, 0.2) is 12.1 Å². The molecule has 0 aromatic carbocycles. The maximum Gasteiger partial charge on any atom is 0.0931 e. The fourth-order valence-electron chi connectivity index (χ4n) is 1.58. The number of ether oxygens (including phenoxy) is 1. The Morgan fingerprint density at radius 1 is 1.47 bits per heavy atom. The van der Waals surface area contributed by atoms with E-state index in [1.165, 1.54) is 4.88 Å². The van der Waals surface area contributed by atoms with Gasteiger partial charge >= 0.3 is 0 Å². The lowest BCUT2D eigenvalue weighted by Gasteiger charge is -2.21. The van der Waals surface area contributed by atoms with Gasteiger partial charge < -0.3 is 10.5 Å². The van der Waals surface area contributed by atoms with Crippen molar-refractivity contribution in [3.63, 3.8) is 0 Å². The molecule has 4 heteroatoms. The molecule has 0 aliphatic carbocycles. The molecule has 1 rings (SSSR count). The van der Waals surface area contributed by atoms with E-state index in [4.69, 9.17) is 22.1 Å². The molecule has 0 spiro atoms. The average molecular weight is 248 g/mol. The Morgan fingerprint density at radius 2 is 2.20 bits per heavy atom. The van der Waals surface area contributed by atoms with Crippen molar-refractivity contribution in [2.75, 3.05) is 6.61 Å². The van der Waals surface area contributed by atoms with E-state index in [0.717, 1.165) is 23.8 Å². The lowest BCUT2D eigenvalue weighted by Crippen LogP contribution is -2.38. The summed E-state index contributed by atoms with van der Waals surface area (Å²) in [6.45, 7) is 4.82. The summed E-state index contributed by atoms with van der Waals surface area (Å²) in [5.74, 6) is 0. The third-order valence-corrected chi connectivity index (χ3v) is 3.58. The predicted molar refractivity (Wildman–Crippen MR) is 66.7 cm³/mol. The maximum absolute atomic E-state index is 6.09. The Balaban J connectivity index is 2.49. The van der Waals surface area contributed by atoms with E-state index in [-0.39, 0.29) is 12.1 Å². The summed E-state index contributed by atoms with van der Waals surface area (Å²) in [6, 6.07) is 4.01. The number of hydrogen-bond donors (Lipinski definition) is 1. The third kappa shape index (κ3) is 4.11. The zero-order valence-electron chi connectivity index (χ0n) is 9.20. The Kier molecular flexibility index (Phi) is 5.61. The van der Waals surface area contributed by atoms with Crippen molar-refractivity contribution in [2.45, 2.75) is 38.8 Å². The molecule has 1 aromatic heterocycles. The molecule has 0 radical (unpaired) electrons. The molecule has 0 amide bonds. The molecule has 2 atom stereocenters. The SMILES string of the molecule is CCOC(CC)C(N)Cc1ccc(Cl)s1. The zero-order chi connectivity index (χ0) is 11.3. The summed E-state index contributed by atoms with van der Waals surface area (Å²) in [4.78, 5) is 1.23. The number of hydrogen-bond acceptors (Lipinski definition) is 3. The van der Waals surface area contributed by atoms with E-state index in [1.807, 2.05) is 19.1 Å². The molecular weight excluding hydrogens is 230 g/mol. The van der Waals surface area contributed by atoms with E-state index < -0.39 is 0 Å². The fourth-order valence-corrected chi connectivity index (χ4v) is 2.74. The van der Waals surface area contributed by atoms with Gasteiger partial charge in [-0.1, -0.05) is 18.5 Å². The van der Waals surface area contributed by atoms with E-state index >= 15 is 0 Å². The summed E-state index contributed by atoms with van der Waals surface area (Å²) in [6.07, 6.45) is 1.94. The normalized spacial score (nSPS) is 15.2. The Labute approximate surface area is 100 Å². The van der Waals surface area contributed by atoms with Crippen LogP contribution in [-0.4, -0.2) is 18.8 Å². The van der Waals surface area contributed by atoms with Crippen LogP contribution in [0.5, 0.6) is 0 Å². The molecule has 15 heavy (non-hydrogen) atoms. The van der Waals surface area contributed by atoms with Crippen LogP contribution in [0.4, 0.5) is 0 Å². The quantitative estimate of drug-likeness (QED) is 0.839. The first-order valence-corrected chi connectivity index (χ1v) is 6.48. The molecule has 2 nitrogen and oxygen atoms in total. The molecule has 86 valence electrons. The van der Waals surface area contributed by atoms with Crippen LogP contribution < -0.4 is 5.73 Å². The average Bonchev–Trinajstić information content (AvgIpc) is 2.60. The van der Waals surface area contributed by atoms with Crippen molar-refractivity contribution < 1.29 is 4.74 Å². The highest BCUT2D eigenvalue weighted by atomic mass is 35.5. The van der Waals surface area contributed by atoms with Crippen molar-refractivity contribution in [2.24, 2.45) is 5.73 Å². The first-order valence-electron chi connectivity index (χ1n) is 5.28. The van der Waals surface area contributed by atoms with Crippen LogP contribution in [0.3, 0.4) is 0 Å². The number of nitrogens with two attached hydrogens (primary N) is 1. The largest absolute Gasteiger partial charge is 0.377 e. The van der Waals surface area contributed by atoms with Gasteiger partial charge in [0.1, 0.15) is 0 Å². The van der Waals surface area contributed by atoms with Crippen molar-refractivity contribution in [3.8, 4) is 0 Å². The lowest BCUT2D eigenvalue weighted by molar-refractivity contribution is 0.0419. The molecular formula is C11H18ClNOS. The minimum Gasteiger partial charge on any atom is -0.377 e. The summed E-state index contributed by atoms with van der Waals surface area (Å²) >= 11 is 7.46. The second kappa shape index (κ2) is 6.48. The predicted octanol–water partition coefficient (Wildman–Crippen LogP) is 3.09. The zero-order valence-corrected chi connectivity index (χ0v) is 10.8. The molecule has 1 heterocycles. The first-order chi connectivity index (χ1) is 7.17. The van der Waals surface area contributed by atoms with Crippen molar-refractivity contribution in [1.29, 1.82) is 0 Å². The van der Waals surface area contributed by atoms with Gasteiger partial charge in [-0.25, -0.2) is 0 Å².